The van der Waals surface area contributed by atoms with Crippen molar-refractivity contribution in [3.8, 4) is 11.6 Å². The maximum absolute atomic E-state index is 11.8. The lowest BCUT2D eigenvalue weighted by Gasteiger charge is -2.01. The predicted octanol–water partition coefficient (Wildman–Crippen LogP) is 5.09. The number of hydrogen-bond acceptors (Lipinski definition) is 4. The van der Waals surface area contributed by atoms with E-state index in [-0.39, 0.29) is 18.2 Å². The van der Waals surface area contributed by atoms with Gasteiger partial charge in [-0.15, -0.1) is 10.2 Å². The van der Waals surface area contributed by atoms with Gasteiger partial charge in [-0.05, 0) is 40.2 Å². The monoisotopic (exact) mass is 451 g/mol. The largest absolute Gasteiger partial charge is 0.493 e. The summed E-state index contributed by atoms with van der Waals surface area (Å²) in [6.45, 7) is -0.232. The SMILES string of the molecule is O=C(COc1ccccc1)N=Nc1c(O)[nH]c2c(Br)cc(Br)cc12. The second kappa shape index (κ2) is 7.14. The minimum absolute atomic E-state index is 0.163. The Morgan fingerprint density at radius 3 is 2.71 bits per heavy atom. The molecule has 0 spiro atoms. The minimum Gasteiger partial charge on any atom is -0.493 e. The number of nitrogens with zero attached hydrogens (tertiary/aromatic N) is 2. The first-order valence-corrected chi connectivity index (χ1v) is 8.45. The molecule has 0 radical (unpaired) electrons. The average molecular weight is 453 g/mol. The molecule has 0 unspecified atom stereocenters. The Morgan fingerprint density at radius 2 is 1.96 bits per heavy atom. The number of aromatic nitrogens is 1. The maximum atomic E-state index is 11.8. The van der Waals surface area contributed by atoms with Crippen molar-refractivity contribution in [3.05, 3.63) is 51.4 Å². The molecular weight excluding hydrogens is 442 g/mol. The van der Waals surface area contributed by atoms with E-state index in [9.17, 15) is 9.90 Å². The van der Waals surface area contributed by atoms with E-state index in [1.807, 2.05) is 12.1 Å². The molecule has 3 aromatic rings. The van der Waals surface area contributed by atoms with E-state index in [2.05, 4.69) is 47.1 Å². The second-order valence-corrected chi connectivity index (χ2v) is 6.60. The lowest BCUT2D eigenvalue weighted by atomic mass is 10.2. The number of H-pyrrole nitrogens is 1. The number of ether oxygens (including phenoxy) is 1. The Balaban J connectivity index is 1.78. The zero-order valence-corrected chi connectivity index (χ0v) is 15.3. The average Bonchev–Trinajstić information content (AvgIpc) is 2.88. The first-order chi connectivity index (χ1) is 11.5. The number of fused-ring (bicyclic) bond motifs is 1. The van der Waals surface area contributed by atoms with Gasteiger partial charge in [-0.1, -0.05) is 34.1 Å². The van der Waals surface area contributed by atoms with Crippen LogP contribution in [0.15, 0.2) is 61.6 Å². The fourth-order valence-electron chi connectivity index (χ4n) is 2.09. The van der Waals surface area contributed by atoms with E-state index in [0.717, 1.165) is 8.95 Å². The zero-order chi connectivity index (χ0) is 17.1. The second-order valence-electron chi connectivity index (χ2n) is 4.83. The Morgan fingerprint density at radius 1 is 1.21 bits per heavy atom. The first kappa shape index (κ1) is 16.7. The van der Waals surface area contributed by atoms with Crippen LogP contribution in [0.3, 0.4) is 0 Å². The van der Waals surface area contributed by atoms with Crippen molar-refractivity contribution in [2.24, 2.45) is 10.2 Å². The first-order valence-electron chi connectivity index (χ1n) is 6.86. The zero-order valence-electron chi connectivity index (χ0n) is 12.2. The molecule has 2 aromatic carbocycles. The summed E-state index contributed by atoms with van der Waals surface area (Å²) in [4.78, 5) is 14.6. The Hall–Kier alpha value is -2.19. The van der Waals surface area contributed by atoms with Crippen molar-refractivity contribution >= 4 is 54.4 Å². The summed E-state index contributed by atoms with van der Waals surface area (Å²) in [5.41, 5.74) is 0.859. The summed E-state index contributed by atoms with van der Waals surface area (Å²) in [6, 6.07) is 12.6. The number of carbonyl (C=O) groups excluding carboxylic acids is 1. The lowest BCUT2D eigenvalue weighted by Crippen LogP contribution is -2.07. The van der Waals surface area contributed by atoms with E-state index in [0.29, 0.717) is 16.7 Å². The molecule has 0 bridgehead atoms. The molecule has 1 amide bonds. The van der Waals surface area contributed by atoms with Crippen molar-refractivity contribution in [1.82, 2.24) is 4.98 Å². The molecule has 0 aliphatic rings. The number of hydrogen-bond donors (Lipinski definition) is 2. The third kappa shape index (κ3) is 3.65. The molecule has 0 fully saturated rings. The van der Waals surface area contributed by atoms with Crippen LogP contribution in [0.4, 0.5) is 5.69 Å². The van der Waals surface area contributed by atoms with Crippen LogP contribution < -0.4 is 4.74 Å². The third-order valence-electron chi connectivity index (χ3n) is 3.14. The number of aromatic hydroxyl groups is 1. The summed E-state index contributed by atoms with van der Waals surface area (Å²) in [5, 5.41) is 18.1. The maximum Gasteiger partial charge on any atom is 0.302 e. The Bertz CT molecular complexity index is 923. The number of rotatable bonds is 4. The molecule has 3 rings (SSSR count). The summed E-state index contributed by atoms with van der Waals surface area (Å²) in [7, 11) is 0. The Kier molecular flexibility index (Phi) is 4.96. The molecule has 0 atom stereocenters. The highest BCUT2D eigenvalue weighted by Crippen LogP contribution is 2.40. The van der Waals surface area contributed by atoms with Crippen LogP contribution in [-0.2, 0) is 4.79 Å². The van der Waals surface area contributed by atoms with Gasteiger partial charge in [0.25, 0.3) is 0 Å². The van der Waals surface area contributed by atoms with Gasteiger partial charge in [0.1, 0.15) is 5.75 Å². The van der Waals surface area contributed by atoms with Gasteiger partial charge in [0.05, 0.1) is 5.52 Å². The van der Waals surface area contributed by atoms with Gasteiger partial charge in [-0.25, -0.2) is 0 Å². The number of azo groups is 1. The van der Waals surface area contributed by atoms with Gasteiger partial charge in [-0.3, -0.25) is 4.79 Å². The fourth-order valence-corrected chi connectivity index (χ4v) is 3.41. The highest BCUT2D eigenvalue weighted by molar-refractivity contribution is 9.11. The fraction of sp³-hybridized carbons (Fsp3) is 0.0625. The van der Waals surface area contributed by atoms with Crippen molar-refractivity contribution in [3.63, 3.8) is 0 Å². The van der Waals surface area contributed by atoms with Gasteiger partial charge >= 0.3 is 5.91 Å². The van der Waals surface area contributed by atoms with Crippen molar-refractivity contribution < 1.29 is 14.6 Å². The standard InChI is InChI=1S/C16H11Br2N3O3/c17-9-6-11-14(12(18)7-9)19-16(23)15(11)21-20-13(22)8-24-10-4-2-1-3-5-10/h1-7,19,23H,8H2. The van der Waals surface area contributed by atoms with E-state index < -0.39 is 5.91 Å². The van der Waals surface area contributed by atoms with E-state index in [1.54, 1.807) is 30.3 Å². The number of benzene rings is 2. The molecule has 8 heteroatoms. The number of amides is 1. The molecule has 122 valence electrons. The molecular formula is C16H11Br2N3O3. The van der Waals surface area contributed by atoms with Crippen LogP contribution in [0, 0.1) is 0 Å². The van der Waals surface area contributed by atoms with Gasteiger partial charge in [0.2, 0.25) is 5.88 Å². The van der Waals surface area contributed by atoms with Crippen molar-refractivity contribution in [1.29, 1.82) is 0 Å². The number of nitrogens with one attached hydrogen (secondary N) is 1. The van der Waals surface area contributed by atoms with Gasteiger partial charge in [-0.2, -0.15) is 0 Å². The number of halogens is 2. The lowest BCUT2D eigenvalue weighted by molar-refractivity contribution is -0.120. The smallest absolute Gasteiger partial charge is 0.302 e. The molecule has 1 heterocycles. The van der Waals surface area contributed by atoms with E-state index in [4.69, 9.17) is 4.74 Å². The third-order valence-corrected chi connectivity index (χ3v) is 4.23. The number of para-hydroxylation sites is 1. The molecule has 24 heavy (non-hydrogen) atoms. The quantitative estimate of drug-likeness (QED) is 0.540. The van der Waals surface area contributed by atoms with Gasteiger partial charge in [0, 0.05) is 14.3 Å². The number of carbonyl (C=O) groups is 1. The normalized spacial score (nSPS) is 11.2. The highest BCUT2D eigenvalue weighted by Gasteiger charge is 2.14. The molecule has 0 saturated carbocycles. The predicted molar refractivity (Wildman–Crippen MR) is 96.8 cm³/mol. The van der Waals surface area contributed by atoms with E-state index in [1.165, 1.54) is 0 Å². The van der Waals surface area contributed by atoms with Crippen LogP contribution >= 0.6 is 31.9 Å². The summed E-state index contributed by atoms with van der Waals surface area (Å²) in [6.07, 6.45) is 0. The van der Waals surface area contributed by atoms with Crippen LogP contribution in [0.1, 0.15) is 0 Å². The molecule has 6 nitrogen and oxygen atoms in total. The van der Waals surface area contributed by atoms with E-state index >= 15 is 0 Å². The van der Waals surface area contributed by atoms with Crippen LogP contribution in [0.2, 0.25) is 0 Å². The summed E-state index contributed by atoms with van der Waals surface area (Å²) < 4.78 is 6.86. The highest BCUT2D eigenvalue weighted by atomic mass is 79.9. The topological polar surface area (TPSA) is 87.0 Å². The molecule has 1 aromatic heterocycles. The number of aromatic amines is 1. The molecule has 0 aliphatic heterocycles. The van der Waals surface area contributed by atoms with Gasteiger partial charge in [0.15, 0.2) is 12.3 Å². The molecule has 0 aliphatic carbocycles. The molecule has 2 N–H and O–H groups in total. The Labute approximate surface area is 153 Å². The summed E-state index contributed by atoms with van der Waals surface area (Å²) >= 11 is 6.77. The minimum atomic E-state index is -0.554. The van der Waals surface area contributed by atoms with Crippen LogP contribution in [0.25, 0.3) is 10.9 Å². The van der Waals surface area contributed by atoms with Gasteiger partial charge < -0.3 is 14.8 Å². The van der Waals surface area contributed by atoms with Crippen molar-refractivity contribution in [2.45, 2.75) is 0 Å². The van der Waals surface area contributed by atoms with Crippen LogP contribution in [-0.4, -0.2) is 22.6 Å². The molecule has 0 saturated heterocycles. The van der Waals surface area contributed by atoms with Crippen LogP contribution in [0.5, 0.6) is 11.6 Å². The van der Waals surface area contributed by atoms with Crippen molar-refractivity contribution in [2.75, 3.05) is 6.61 Å². The summed E-state index contributed by atoms with van der Waals surface area (Å²) in [5.74, 6) is -0.144.